The Kier molecular flexibility index (Phi) is 5.85. The minimum atomic E-state index is -4.54. The lowest BCUT2D eigenvalue weighted by atomic mass is 9.96. The molecule has 0 amide bonds. The smallest absolute Gasteiger partial charge is 0.369 e. The lowest BCUT2D eigenvalue weighted by Crippen LogP contribution is -2.36. The molecule has 0 aliphatic carbocycles. The van der Waals surface area contributed by atoms with E-state index in [9.17, 15) is 22.7 Å². The molecular weight excluding hydrogens is 432 g/mol. The summed E-state index contributed by atoms with van der Waals surface area (Å²) in [7, 11) is 0. The average molecular weight is 452 g/mol. The Balaban J connectivity index is 1.68. The first-order valence-corrected chi connectivity index (χ1v) is 10.7. The van der Waals surface area contributed by atoms with Crippen LogP contribution < -0.4 is 10.6 Å². The average Bonchev–Trinajstić information content (AvgIpc) is 3.17. The van der Waals surface area contributed by atoms with Gasteiger partial charge in [0, 0.05) is 11.3 Å². The van der Waals surface area contributed by atoms with E-state index in [0.29, 0.717) is 11.3 Å². The lowest BCUT2D eigenvalue weighted by Gasteiger charge is -2.34. The maximum Gasteiger partial charge on any atom is 0.410 e. The van der Waals surface area contributed by atoms with E-state index < -0.39 is 30.3 Å². The number of rotatable bonds is 5. The van der Waals surface area contributed by atoms with Gasteiger partial charge in [0.05, 0.1) is 23.5 Å². The molecule has 3 N–H and O–H groups in total. The van der Waals surface area contributed by atoms with Crippen molar-refractivity contribution in [1.29, 1.82) is 0 Å². The molecule has 3 aromatic rings. The van der Waals surface area contributed by atoms with Crippen molar-refractivity contribution in [1.82, 2.24) is 9.78 Å². The second kappa shape index (κ2) is 8.43. The number of nitrogens with zero attached hydrogens (tertiary/aromatic N) is 2. The van der Waals surface area contributed by atoms with Gasteiger partial charge in [0.15, 0.2) is 12.3 Å². The summed E-state index contributed by atoms with van der Waals surface area (Å²) >= 11 is 1.48. The fraction of sp³-hybridized carbons (Fsp3) is 0.286. The van der Waals surface area contributed by atoms with Crippen LogP contribution in [0.3, 0.4) is 0 Å². The molecule has 5 nitrogen and oxygen atoms in total. The van der Waals surface area contributed by atoms with Crippen LogP contribution in [-0.4, -0.2) is 27.3 Å². The van der Waals surface area contributed by atoms with E-state index in [2.05, 4.69) is 15.7 Å². The van der Waals surface area contributed by atoms with Crippen molar-refractivity contribution >= 4 is 23.3 Å². The van der Waals surface area contributed by atoms with Gasteiger partial charge in [-0.05, 0) is 36.1 Å². The number of alkyl halides is 3. The van der Waals surface area contributed by atoms with Crippen LogP contribution in [0.25, 0.3) is 0 Å². The molecule has 31 heavy (non-hydrogen) atoms. The number of para-hydroxylation sites is 1. The third kappa shape index (κ3) is 4.35. The van der Waals surface area contributed by atoms with E-state index in [4.69, 9.17) is 0 Å². The molecule has 4 rings (SSSR count). The highest BCUT2D eigenvalue weighted by molar-refractivity contribution is 7.98. The van der Waals surface area contributed by atoms with Gasteiger partial charge < -0.3 is 15.7 Å². The summed E-state index contributed by atoms with van der Waals surface area (Å²) in [5, 5.41) is 20.7. The summed E-state index contributed by atoms with van der Waals surface area (Å²) in [4.78, 5) is 0.882. The van der Waals surface area contributed by atoms with Crippen LogP contribution in [0.2, 0.25) is 0 Å². The van der Waals surface area contributed by atoms with E-state index in [1.807, 2.05) is 18.4 Å². The molecule has 2 heterocycles. The molecule has 0 bridgehead atoms. The number of aliphatic hydroxyl groups is 1. The van der Waals surface area contributed by atoms with E-state index in [1.165, 1.54) is 42.2 Å². The zero-order chi connectivity index (χ0) is 22.2. The number of thioether (sulfide) groups is 1. The van der Waals surface area contributed by atoms with Gasteiger partial charge >= 0.3 is 6.18 Å². The quantitative estimate of drug-likeness (QED) is 0.271. The van der Waals surface area contributed by atoms with Crippen LogP contribution >= 0.6 is 11.8 Å². The lowest BCUT2D eigenvalue weighted by molar-refractivity contribution is -0.173. The molecule has 0 saturated carbocycles. The molecule has 0 fully saturated rings. The Morgan fingerprint density at radius 3 is 2.58 bits per heavy atom. The van der Waals surface area contributed by atoms with Crippen molar-refractivity contribution in [3.63, 3.8) is 0 Å². The van der Waals surface area contributed by atoms with Crippen LogP contribution in [0.4, 0.5) is 29.1 Å². The molecule has 1 aliphatic rings. The van der Waals surface area contributed by atoms with Gasteiger partial charge in [-0.3, -0.25) is 0 Å². The second-order valence-electron chi connectivity index (χ2n) is 7.18. The van der Waals surface area contributed by atoms with Gasteiger partial charge in [0.2, 0.25) is 0 Å². The van der Waals surface area contributed by atoms with Crippen LogP contribution in [-0.2, 0) is 0 Å². The summed E-state index contributed by atoms with van der Waals surface area (Å²) < 4.78 is 55.6. The molecule has 2 aromatic carbocycles. The van der Waals surface area contributed by atoms with Crippen LogP contribution in [0.5, 0.6) is 0 Å². The van der Waals surface area contributed by atoms with Crippen molar-refractivity contribution in [2.45, 2.75) is 35.8 Å². The molecule has 10 heteroatoms. The van der Waals surface area contributed by atoms with Crippen molar-refractivity contribution in [2.24, 2.45) is 0 Å². The molecule has 3 atom stereocenters. The number of nitrogens with one attached hydrogen (secondary N) is 2. The predicted molar refractivity (Wildman–Crippen MR) is 112 cm³/mol. The van der Waals surface area contributed by atoms with E-state index in [0.717, 1.165) is 9.58 Å². The van der Waals surface area contributed by atoms with Gasteiger partial charge in [-0.15, -0.1) is 11.8 Å². The third-order valence-electron chi connectivity index (χ3n) is 5.23. The highest BCUT2D eigenvalue weighted by Gasteiger charge is 2.47. The summed E-state index contributed by atoms with van der Waals surface area (Å²) in [6.45, 7) is 0. The molecule has 1 aliphatic heterocycles. The summed E-state index contributed by atoms with van der Waals surface area (Å²) in [6.07, 6.45) is -3.01. The normalized spacial score (nSPS) is 19.4. The number of aromatic nitrogens is 2. The Morgan fingerprint density at radius 2 is 1.90 bits per heavy atom. The Morgan fingerprint density at radius 1 is 1.19 bits per heavy atom. The van der Waals surface area contributed by atoms with Crippen molar-refractivity contribution in [3.05, 3.63) is 71.7 Å². The second-order valence-corrected chi connectivity index (χ2v) is 8.03. The molecule has 1 aromatic heterocycles. The monoisotopic (exact) mass is 452 g/mol. The van der Waals surface area contributed by atoms with Gasteiger partial charge in [-0.1, -0.05) is 24.3 Å². The van der Waals surface area contributed by atoms with Gasteiger partial charge in [0.25, 0.3) is 0 Å². The van der Waals surface area contributed by atoms with Crippen LogP contribution in [0.1, 0.15) is 35.9 Å². The van der Waals surface area contributed by atoms with Crippen molar-refractivity contribution in [3.8, 4) is 0 Å². The van der Waals surface area contributed by atoms with Gasteiger partial charge in [0.1, 0.15) is 11.6 Å². The molecular formula is C21H20F4N4OS. The van der Waals surface area contributed by atoms with Crippen molar-refractivity contribution < 1.29 is 22.7 Å². The standard InChI is InChI=1S/C21H20F4N4OS/c1-31-17-5-3-2-4-15(17)28-20(30)14-11-26-29-18(21(23,24)25)10-16(27-19(14)29)12-6-8-13(22)9-7-12/h2-9,11,16,18,20,27-28,30H,10H2,1H3/t16-,18+,20-/m1/s1. The first-order chi connectivity index (χ1) is 14.8. The van der Waals surface area contributed by atoms with E-state index >= 15 is 0 Å². The first kappa shape index (κ1) is 21.5. The Bertz CT molecular complexity index is 1050. The molecule has 0 saturated heterocycles. The summed E-state index contributed by atoms with van der Waals surface area (Å²) in [5.74, 6) is -0.394. The maximum atomic E-state index is 13.8. The molecule has 0 unspecified atom stereocenters. The third-order valence-corrected chi connectivity index (χ3v) is 6.03. The Labute approximate surface area is 180 Å². The summed E-state index contributed by atoms with van der Waals surface area (Å²) in [5.41, 5.74) is 1.36. The zero-order valence-corrected chi connectivity index (χ0v) is 17.2. The van der Waals surface area contributed by atoms with Crippen LogP contribution in [0, 0.1) is 5.82 Å². The van der Waals surface area contributed by atoms with E-state index in [1.54, 1.807) is 12.1 Å². The topological polar surface area (TPSA) is 62.1 Å². The molecule has 164 valence electrons. The number of anilines is 2. The fourth-order valence-corrected chi connectivity index (χ4v) is 4.25. The fourth-order valence-electron chi connectivity index (χ4n) is 3.68. The number of benzene rings is 2. The van der Waals surface area contributed by atoms with Crippen molar-refractivity contribution in [2.75, 3.05) is 16.9 Å². The number of fused-ring (bicyclic) bond motifs is 1. The number of hydrogen-bond acceptors (Lipinski definition) is 5. The first-order valence-electron chi connectivity index (χ1n) is 9.51. The zero-order valence-electron chi connectivity index (χ0n) is 16.4. The van der Waals surface area contributed by atoms with E-state index in [-0.39, 0.29) is 17.8 Å². The number of aliphatic hydroxyl groups excluding tert-OH is 1. The SMILES string of the molecule is CSc1ccccc1N[C@H](O)c1cnn2c1N[C@@H](c1ccc(F)cc1)C[C@H]2C(F)(F)F. The molecule has 0 spiro atoms. The largest absolute Gasteiger partial charge is 0.410 e. The molecule has 0 radical (unpaired) electrons. The highest BCUT2D eigenvalue weighted by Crippen LogP contribution is 2.45. The van der Waals surface area contributed by atoms with Crippen LogP contribution in [0.15, 0.2) is 59.6 Å². The Hall–Kier alpha value is -2.72. The van der Waals surface area contributed by atoms with Gasteiger partial charge in [-0.2, -0.15) is 18.3 Å². The minimum Gasteiger partial charge on any atom is -0.369 e. The number of halogens is 4. The predicted octanol–water partition coefficient (Wildman–Crippen LogP) is 5.51. The summed E-state index contributed by atoms with van der Waals surface area (Å²) in [6, 6.07) is 10.0. The maximum absolute atomic E-state index is 13.8. The highest BCUT2D eigenvalue weighted by atomic mass is 32.2. The van der Waals surface area contributed by atoms with Gasteiger partial charge in [-0.25, -0.2) is 9.07 Å². The minimum absolute atomic E-state index is 0.0736. The number of hydrogen-bond donors (Lipinski definition) is 3.